The van der Waals surface area contributed by atoms with Crippen LogP contribution in [-0.4, -0.2) is 54.8 Å². The van der Waals surface area contributed by atoms with Gasteiger partial charge >= 0.3 is 5.97 Å². The molecule has 0 aliphatic rings. The number of carboxylic acids is 1. The highest BCUT2D eigenvalue weighted by atomic mass is 16.5. The number of rotatable bonds is 12. The minimum atomic E-state index is -0.861. The highest BCUT2D eigenvalue weighted by Gasteiger charge is 2.13. The molecule has 0 aliphatic carbocycles. The van der Waals surface area contributed by atoms with Gasteiger partial charge in [-0.2, -0.15) is 0 Å². The fourth-order valence-corrected chi connectivity index (χ4v) is 3.50. The van der Waals surface area contributed by atoms with Gasteiger partial charge in [0.25, 0.3) is 0 Å². The van der Waals surface area contributed by atoms with Crippen LogP contribution in [0.5, 0.6) is 5.75 Å². The van der Waals surface area contributed by atoms with Gasteiger partial charge in [-0.05, 0) is 48.9 Å². The lowest BCUT2D eigenvalue weighted by molar-refractivity contribution is -0.138. The zero-order chi connectivity index (χ0) is 23.8. The number of anilines is 1. The van der Waals surface area contributed by atoms with Crippen molar-refractivity contribution in [2.24, 2.45) is 0 Å². The minimum absolute atomic E-state index is 0.0389. The molecule has 7 heteroatoms. The fraction of sp³-hybridized carbons (Fsp3) is 0.308. The van der Waals surface area contributed by atoms with Crippen LogP contribution in [0.15, 0.2) is 65.6 Å². The van der Waals surface area contributed by atoms with Crippen LogP contribution < -0.4 is 9.64 Å². The van der Waals surface area contributed by atoms with Crippen LogP contribution in [0.2, 0.25) is 0 Å². The second-order valence-corrected chi connectivity index (χ2v) is 8.06. The van der Waals surface area contributed by atoms with Crippen molar-refractivity contribution in [2.75, 3.05) is 38.7 Å². The van der Waals surface area contributed by atoms with Crippen molar-refractivity contribution in [3.8, 4) is 17.2 Å². The third kappa shape index (κ3) is 6.95. The van der Waals surface area contributed by atoms with Crippen molar-refractivity contribution < 1.29 is 19.1 Å². The first-order valence-electron chi connectivity index (χ1n) is 10.9. The molecule has 7 nitrogen and oxygen atoms in total. The summed E-state index contributed by atoms with van der Waals surface area (Å²) < 4.78 is 11.8. The maximum atomic E-state index is 11.1. The maximum absolute atomic E-state index is 11.1. The number of nitrogens with zero attached hydrogens (tertiary/aromatic N) is 3. The van der Waals surface area contributed by atoms with Gasteiger partial charge in [-0.25, -0.2) is 4.98 Å². The molecule has 0 fully saturated rings. The number of carbonyl (C=O) groups is 1. The minimum Gasteiger partial charge on any atom is -0.493 e. The molecular weight excluding hydrogens is 418 g/mol. The number of oxazole rings is 1. The van der Waals surface area contributed by atoms with E-state index >= 15 is 0 Å². The van der Waals surface area contributed by atoms with Crippen molar-refractivity contribution in [2.45, 2.75) is 19.9 Å². The Morgan fingerprint density at radius 2 is 1.97 bits per heavy atom. The van der Waals surface area contributed by atoms with E-state index in [1.807, 2.05) is 74.4 Å². The van der Waals surface area contributed by atoms with E-state index in [-0.39, 0.29) is 6.54 Å². The van der Waals surface area contributed by atoms with E-state index in [1.54, 1.807) is 11.0 Å². The number of aryl methyl sites for hydroxylation is 1. The van der Waals surface area contributed by atoms with Crippen LogP contribution in [0.1, 0.15) is 17.0 Å². The second kappa shape index (κ2) is 11.3. The second-order valence-electron chi connectivity index (χ2n) is 8.06. The van der Waals surface area contributed by atoms with Crippen LogP contribution in [0.25, 0.3) is 11.5 Å². The number of aliphatic carboxylic acids is 1. The summed E-state index contributed by atoms with van der Waals surface area (Å²) in [5.41, 5.74) is 3.91. The van der Waals surface area contributed by atoms with Crippen molar-refractivity contribution >= 4 is 11.7 Å². The Labute approximate surface area is 194 Å². The molecule has 0 radical (unpaired) electrons. The molecule has 0 unspecified atom stereocenters. The third-order valence-corrected chi connectivity index (χ3v) is 5.18. The largest absolute Gasteiger partial charge is 0.493 e. The van der Waals surface area contributed by atoms with E-state index in [0.29, 0.717) is 32.0 Å². The van der Waals surface area contributed by atoms with Gasteiger partial charge in [0.05, 0.1) is 18.8 Å². The quantitative estimate of drug-likeness (QED) is 0.410. The maximum Gasteiger partial charge on any atom is 0.317 e. The highest BCUT2D eigenvalue weighted by Crippen LogP contribution is 2.24. The summed E-state index contributed by atoms with van der Waals surface area (Å²) in [6.07, 6.45) is 2.32. The Hall–Kier alpha value is -3.58. The van der Waals surface area contributed by atoms with Crippen LogP contribution in [0.3, 0.4) is 0 Å². The SMILES string of the molecule is C=CCN(CC(=O)O)Cc1cccc(OCCc2nc(-c3ccc(N(C)C)cc3)oc2C)c1. The summed E-state index contributed by atoms with van der Waals surface area (Å²) in [6.45, 7) is 7.05. The fourth-order valence-electron chi connectivity index (χ4n) is 3.50. The van der Waals surface area contributed by atoms with Crippen molar-refractivity contribution in [3.63, 3.8) is 0 Å². The number of benzene rings is 2. The molecule has 3 rings (SSSR count). The van der Waals surface area contributed by atoms with Crippen LogP contribution in [-0.2, 0) is 17.8 Å². The first kappa shape index (κ1) is 24.1. The van der Waals surface area contributed by atoms with Crippen molar-refractivity contribution in [1.82, 2.24) is 9.88 Å². The van der Waals surface area contributed by atoms with E-state index in [1.165, 1.54) is 0 Å². The van der Waals surface area contributed by atoms with Gasteiger partial charge in [0, 0.05) is 44.9 Å². The molecule has 0 saturated heterocycles. The Kier molecular flexibility index (Phi) is 8.27. The van der Waals surface area contributed by atoms with Gasteiger partial charge in [-0.1, -0.05) is 18.2 Å². The first-order chi connectivity index (χ1) is 15.9. The normalized spacial score (nSPS) is 10.9. The summed E-state index contributed by atoms with van der Waals surface area (Å²) >= 11 is 0. The average Bonchev–Trinajstić information content (AvgIpc) is 3.14. The van der Waals surface area contributed by atoms with Crippen LogP contribution >= 0.6 is 0 Å². The molecule has 1 aromatic heterocycles. The molecule has 1 heterocycles. The standard InChI is InChI=1S/C26H31N3O4/c1-5-14-29(18-25(30)31)17-20-7-6-8-23(16-20)32-15-13-24-19(2)33-26(27-24)21-9-11-22(12-10-21)28(3)4/h5-12,16H,1,13-15,17-18H2,2-4H3,(H,30,31). The molecule has 33 heavy (non-hydrogen) atoms. The Balaban J connectivity index is 1.59. The number of aromatic nitrogens is 1. The van der Waals surface area contributed by atoms with Crippen LogP contribution in [0.4, 0.5) is 5.69 Å². The molecule has 0 amide bonds. The summed E-state index contributed by atoms with van der Waals surface area (Å²) in [5, 5.41) is 9.08. The zero-order valence-corrected chi connectivity index (χ0v) is 19.5. The lowest BCUT2D eigenvalue weighted by Gasteiger charge is -2.18. The van der Waals surface area contributed by atoms with E-state index in [0.717, 1.165) is 34.0 Å². The Morgan fingerprint density at radius 3 is 2.64 bits per heavy atom. The number of hydrogen-bond donors (Lipinski definition) is 1. The molecule has 1 N–H and O–H groups in total. The number of carboxylic acid groups (broad SMARTS) is 1. The van der Waals surface area contributed by atoms with Crippen LogP contribution in [0, 0.1) is 6.92 Å². The Morgan fingerprint density at radius 1 is 1.21 bits per heavy atom. The zero-order valence-electron chi connectivity index (χ0n) is 19.5. The van der Waals surface area contributed by atoms with E-state index in [9.17, 15) is 4.79 Å². The van der Waals surface area contributed by atoms with Gasteiger partial charge in [0.2, 0.25) is 5.89 Å². The molecule has 0 atom stereocenters. The predicted octanol–water partition coefficient (Wildman–Crippen LogP) is 4.41. The molecule has 174 valence electrons. The summed E-state index contributed by atoms with van der Waals surface area (Å²) in [5.74, 6) is 1.27. The van der Waals surface area contributed by atoms with E-state index in [4.69, 9.17) is 14.3 Å². The lowest BCUT2D eigenvalue weighted by Crippen LogP contribution is -2.29. The molecule has 0 aliphatic heterocycles. The van der Waals surface area contributed by atoms with Gasteiger partial charge in [0.15, 0.2) is 0 Å². The van der Waals surface area contributed by atoms with Crippen molar-refractivity contribution in [1.29, 1.82) is 0 Å². The van der Waals surface area contributed by atoms with Crippen molar-refractivity contribution in [3.05, 3.63) is 78.2 Å². The lowest BCUT2D eigenvalue weighted by atomic mass is 10.2. The number of ether oxygens (including phenoxy) is 1. The average molecular weight is 450 g/mol. The van der Waals surface area contributed by atoms with Gasteiger partial charge in [0.1, 0.15) is 11.5 Å². The topological polar surface area (TPSA) is 79.0 Å². The number of hydrogen-bond acceptors (Lipinski definition) is 6. The summed E-state index contributed by atoms with van der Waals surface area (Å²) in [7, 11) is 4.01. The summed E-state index contributed by atoms with van der Waals surface area (Å²) in [4.78, 5) is 19.6. The smallest absolute Gasteiger partial charge is 0.317 e. The van der Waals surface area contributed by atoms with Gasteiger partial charge < -0.3 is 19.2 Å². The van der Waals surface area contributed by atoms with E-state index in [2.05, 4.69) is 11.6 Å². The molecule has 0 spiro atoms. The molecule has 2 aromatic carbocycles. The molecular formula is C26H31N3O4. The highest BCUT2D eigenvalue weighted by molar-refractivity contribution is 5.69. The summed E-state index contributed by atoms with van der Waals surface area (Å²) in [6, 6.07) is 15.8. The van der Waals surface area contributed by atoms with Gasteiger partial charge in [-0.15, -0.1) is 6.58 Å². The molecule has 0 bridgehead atoms. The monoisotopic (exact) mass is 449 g/mol. The van der Waals surface area contributed by atoms with Gasteiger partial charge in [-0.3, -0.25) is 9.69 Å². The molecule has 0 saturated carbocycles. The third-order valence-electron chi connectivity index (χ3n) is 5.18. The molecule has 3 aromatic rings. The van der Waals surface area contributed by atoms with E-state index < -0.39 is 5.97 Å². The predicted molar refractivity (Wildman–Crippen MR) is 130 cm³/mol. The Bertz CT molecular complexity index is 1070. The first-order valence-corrected chi connectivity index (χ1v) is 10.9.